The predicted molar refractivity (Wildman–Crippen MR) is 70.0 cm³/mol. The van der Waals surface area contributed by atoms with Crippen LogP contribution >= 0.6 is 0 Å². The summed E-state index contributed by atoms with van der Waals surface area (Å²) in [4.78, 5) is 11.3. The predicted octanol–water partition coefficient (Wildman–Crippen LogP) is 0.982. The number of hydrogen-bond donors (Lipinski definition) is 1. The number of fused-ring (bicyclic) bond motifs is 1. The summed E-state index contributed by atoms with van der Waals surface area (Å²) in [6.45, 7) is 5.23. The van der Waals surface area contributed by atoms with Crippen molar-refractivity contribution >= 4 is 5.95 Å². The number of anilines is 1. The zero-order valence-corrected chi connectivity index (χ0v) is 11.0. The van der Waals surface area contributed by atoms with Crippen LogP contribution < -0.4 is 15.0 Å². The van der Waals surface area contributed by atoms with Gasteiger partial charge in [0, 0.05) is 30.9 Å². The fraction of sp³-hybridized carbons (Fsp3) is 0.692. The van der Waals surface area contributed by atoms with Crippen molar-refractivity contribution in [1.29, 1.82) is 0 Å². The first-order chi connectivity index (χ1) is 8.76. The van der Waals surface area contributed by atoms with E-state index in [1.54, 1.807) is 7.11 Å². The highest BCUT2D eigenvalue weighted by Crippen LogP contribution is 2.27. The highest BCUT2D eigenvalue weighted by atomic mass is 16.5. The largest absolute Gasteiger partial charge is 0.481 e. The van der Waals surface area contributed by atoms with Crippen LogP contribution in [0.1, 0.15) is 18.5 Å². The molecule has 0 aliphatic carbocycles. The lowest BCUT2D eigenvalue weighted by molar-refractivity contribution is 0.368. The van der Waals surface area contributed by atoms with Crippen LogP contribution in [-0.2, 0) is 0 Å². The van der Waals surface area contributed by atoms with E-state index < -0.39 is 0 Å². The lowest BCUT2D eigenvalue weighted by Crippen LogP contribution is -2.45. The van der Waals surface area contributed by atoms with Gasteiger partial charge in [-0.25, -0.2) is 4.98 Å². The minimum atomic E-state index is 0.657. The fourth-order valence-electron chi connectivity index (χ4n) is 3.00. The van der Waals surface area contributed by atoms with E-state index in [4.69, 9.17) is 4.74 Å². The van der Waals surface area contributed by atoms with Crippen LogP contribution in [0.5, 0.6) is 5.88 Å². The molecule has 2 unspecified atom stereocenters. The minimum absolute atomic E-state index is 0.657. The van der Waals surface area contributed by atoms with Gasteiger partial charge in [-0.05, 0) is 32.2 Å². The Labute approximate surface area is 108 Å². The third-order valence-electron chi connectivity index (χ3n) is 3.97. The van der Waals surface area contributed by atoms with Crippen molar-refractivity contribution in [1.82, 2.24) is 15.3 Å². The number of aryl methyl sites for hydroxylation is 1. The van der Waals surface area contributed by atoms with Crippen molar-refractivity contribution in [3.63, 3.8) is 0 Å². The van der Waals surface area contributed by atoms with Crippen LogP contribution in [-0.4, -0.2) is 42.8 Å². The number of methoxy groups -OCH3 is 1. The molecular weight excluding hydrogens is 228 g/mol. The third-order valence-corrected chi connectivity index (χ3v) is 3.97. The molecule has 2 aliphatic rings. The van der Waals surface area contributed by atoms with Crippen LogP contribution in [0.2, 0.25) is 0 Å². The smallest absolute Gasteiger partial charge is 0.228 e. The van der Waals surface area contributed by atoms with Crippen molar-refractivity contribution < 1.29 is 4.74 Å². The molecule has 5 heteroatoms. The summed E-state index contributed by atoms with van der Waals surface area (Å²) < 4.78 is 5.22. The Balaban J connectivity index is 1.80. The quantitative estimate of drug-likeness (QED) is 0.845. The van der Waals surface area contributed by atoms with Crippen molar-refractivity contribution in [2.45, 2.75) is 25.8 Å². The Morgan fingerprint density at radius 1 is 1.39 bits per heavy atom. The Hall–Kier alpha value is -1.36. The normalized spacial score (nSPS) is 27.1. The number of nitrogens with one attached hydrogen (secondary N) is 1. The standard InChI is InChI=1S/C13H20N4O/c1-9-7-12(18-2)16-13(15-9)17-6-4-11-10(8-17)3-5-14-11/h7,10-11,14H,3-6,8H2,1-2H3. The Bertz CT molecular complexity index is 437. The second-order valence-electron chi connectivity index (χ2n) is 5.20. The fourth-order valence-corrected chi connectivity index (χ4v) is 3.00. The molecule has 1 N–H and O–H groups in total. The SMILES string of the molecule is COc1cc(C)nc(N2CCC3NCCC3C2)n1. The van der Waals surface area contributed by atoms with Crippen LogP contribution in [0, 0.1) is 12.8 Å². The molecule has 2 atom stereocenters. The summed E-state index contributed by atoms with van der Waals surface area (Å²) in [5, 5.41) is 3.57. The van der Waals surface area contributed by atoms with E-state index >= 15 is 0 Å². The van der Waals surface area contributed by atoms with Gasteiger partial charge in [-0.3, -0.25) is 0 Å². The molecule has 1 aromatic rings. The number of aromatic nitrogens is 2. The lowest BCUT2D eigenvalue weighted by atomic mass is 9.94. The van der Waals surface area contributed by atoms with Gasteiger partial charge in [0.05, 0.1) is 7.11 Å². The maximum atomic E-state index is 5.22. The molecule has 0 radical (unpaired) electrons. The summed E-state index contributed by atoms with van der Waals surface area (Å²) >= 11 is 0. The van der Waals surface area contributed by atoms with E-state index in [0.29, 0.717) is 11.9 Å². The van der Waals surface area contributed by atoms with Crippen LogP contribution in [0.25, 0.3) is 0 Å². The zero-order chi connectivity index (χ0) is 12.5. The molecule has 3 rings (SSSR count). The average Bonchev–Trinajstić information content (AvgIpc) is 2.85. The van der Waals surface area contributed by atoms with Gasteiger partial charge in [-0.1, -0.05) is 0 Å². The Kier molecular flexibility index (Phi) is 3.07. The Morgan fingerprint density at radius 2 is 2.28 bits per heavy atom. The molecular formula is C13H20N4O. The summed E-state index contributed by atoms with van der Waals surface area (Å²) in [6, 6.07) is 2.57. The van der Waals surface area contributed by atoms with Gasteiger partial charge < -0.3 is 15.0 Å². The second kappa shape index (κ2) is 4.72. The average molecular weight is 248 g/mol. The molecule has 2 fully saturated rings. The van der Waals surface area contributed by atoms with E-state index in [2.05, 4.69) is 20.2 Å². The molecule has 0 aromatic carbocycles. The zero-order valence-electron chi connectivity index (χ0n) is 11.0. The number of hydrogen-bond acceptors (Lipinski definition) is 5. The molecule has 5 nitrogen and oxygen atoms in total. The third kappa shape index (κ3) is 2.14. The van der Waals surface area contributed by atoms with Crippen LogP contribution in [0.4, 0.5) is 5.95 Å². The Morgan fingerprint density at radius 3 is 3.11 bits per heavy atom. The molecule has 2 aliphatic heterocycles. The molecule has 0 spiro atoms. The van der Waals surface area contributed by atoms with Gasteiger partial charge in [-0.2, -0.15) is 4.98 Å². The second-order valence-corrected chi connectivity index (χ2v) is 5.20. The summed E-state index contributed by atoms with van der Waals surface area (Å²) in [7, 11) is 1.65. The number of piperidine rings is 1. The van der Waals surface area contributed by atoms with Crippen molar-refractivity contribution in [2.75, 3.05) is 31.6 Å². The van der Waals surface area contributed by atoms with E-state index in [1.165, 1.54) is 12.8 Å². The summed E-state index contributed by atoms with van der Waals surface area (Å²) in [5.41, 5.74) is 0.962. The maximum absolute atomic E-state index is 5.22. The molecule has 18 heavy (non-hydrogen) atoms. The maximum Gasteiger partial charge on any atom is 0.228 e. The van der Waals surface area contributed by atoms with Crippen molar-refractivity contribution in [3.8, 4) is 5.88 Å². The number of nitrogens with zero attached hydrogens (tertiary/aromatic N) is 3. The van der Waals surface area contributed by atoms with Gasteiger partial charge in [0.1, 0.15) is 0 Å². The van der Waals surface area contributed by atoms with Gasteiger partial charge in [0.15, 0.2) is 0 Å². The highest BCUT2D eigenvalue weighted by molar-refractivity contribution is 5.35. The molecule has 0 amide bonds. The van der Waals surface area contributed by atoms with Gasteiger partial charge in [0.2, 0.25) is 11.8 Å². The molecule has 2 saturated heterocycles. The van der Waals surface area contributed by atoms with Crippen LogP contribution in [0.15, 0.2) is 6.07 Å². The molecule has 1 aromatic heterocycles. The molecule has 98 valence electrons. The van der Waals surface area contributed by atoms with Gasteiger partial charge in [-0.15, -0.1) is 0 Å². The van der Waals surface area contributed by atoms with Crippen molar-refractivity contribution in [2.24, 2.45) is 5.92 Å². The van der Waals surface area contributed by atoms with E-state index in [-0.39, 0.29) is 0 Å². The van der Waals surface area contributed by atoms with E-state index in [1.807, 2.05) is 13.0 Å². The number of ether oxygens (including phenoxy) is 1. The topological polar surface area (TPSA) is 50.3 Å². The van der Waals surface area contributed by atoms with E-state index in [0.717, 1.165) is 37.2 Å². The first kappa shape index (κ1) is 11.7. The first-order valence-electron chi connectivity index (χ1n) is 6.64. The van der Waals surface area contributed by atoms with E-state index in [9.17, 15) is 0 Å². The highest BCUT2D eigenvalue weighted by Gasteiger charge is 2.33. The summed E-state index contributed by atoms with van der Waals surface area (Å²) in [6.07, 6.45) is 2.45. The van der Waals surface area contributed by atoms with Gasteiger partial charge >= 0.3 is 0 Å². The molecule has 3 heterocycles. The van der Waals surface area contributed by atoms with Crippen molar-refractivity contribution in [3.05, 3.63) is 11.8 Å². The number of rotatable bonds is 2. The monoisotopic (exact) mass is 248 g/mol. The molecule has 0 bridgehead atoms. The first-order valence-corrected chi connectivity index (χ1v) is 6.64. The summed E-state index contributed by atoms with van der Waals surface area (Å²) in [5.74, 6) is 2.22. The van der Waals surface area contributed by atoms with Gasteiger partial charge in [0.25, 0.3) is 0 Å². The van der Waals surface area contributed by atoms with Crippen LogP contribution in [0.3, 0.4) is 0 Å². The lowest BCUT2D eigenvalue weighted by Gasteiger charge is -2.34. The molecule has 0 saturated carbocycles. The minimum Gasteiger partial charge on any atom is -0.481 e.